The molecule has 0 spiro atoms. The van der Waals surface area contributed by atoms with Gasteiger partial charge in [0.1, 0.15) is 0 Å². The maximum Gasteiger partial charge on any atom is 0.398 e. The Morgan fingerprint density at radius 3 is 1.76 bits per heavy atom. The second kappa shape index (κ2) is 14.6. The van der Waals surface area contributed by atoms with Crippen molar-refractivity contribution in [1.29, 1.82) is 0 Å². The quantitative estimate of drug-likeness (QED) is 0.146. The van der Waals surface area contributed by atoms with E-state index in [1.54, 1.807) is 18.2 Å². The third-order valence-electron chi connectivity index (χ3n) is 11.3. The van der Waals surface area contributed by atoms with Crippen LogP contribution >= 0.6 is 0 Å². The van der Waals surface area contributed by atoms with E-state index in [0.717, 1.165) is 56.3 Å². The molecule has 7 aromatic carbocycles. The molecule has 0 saturated heterocycles. The summed E-state index contributed by atoms with van der Waals surface area (Å²) in [7, 11) is 0. The molecule has 2 unspecified atom stereocenters. The van der Waals surface area contributed by atoms with Crippen LogP contribution in [0.2, 0.25) is 0 Å². The lowest BCUT2D eigenvalue weighted by molar-refractivity contribution is -0.196. The summed E-state index contributed by atoms with van der Waals surface area (Å²) < 4.78 is 48.0. The van der Waals surface area contributed by atoms with Crippen LogP contribution in [0.3, 0.4) is 0 Å². The van der Waals surface area contributed by atoms with E-state index in [2.05, 4.69) is 77.4 Å². The average molecular weight is 729 g/mol. The SMILES string of the molecule is CCc1ccc(N(C2=CC(C(C)(c3cccc(N(c4ccc(C)cc4)c4cccc5ccccc45)c3)C(F)(F)F)CC=C2)c2cccc3ccccc23)cc1. The third kappa shape index (κ3) is 6.69. The molecule has 2 atom stereocenters. The highest BCUT2D eigenvalue weighted by molar-refractivity contribution is 5.99. The Balaban J connectivity index is 1.28. The largest absolute Gasteiger partial charge is 0.398 e. The number of hydrogen-bond donors (Lipinski definition) is 0. The van der Waals surface area contributed by atoms with Crippen molar-refractivity contribution in [2.45, 2.75) is 45.2 Å². The maximum absolute atomic E-state index is 16.0. The highest BCUT2D eigenvalue weighted by atomic mass is 19.4. The summed E-state index contributed by atoms with van der Waals surface area (Å²) in [6.45, 7) is 5.52. The summed E-state index contributed by atoms with van der Waals surface area (Å²) in [6, 6.07) is 52.0. The predicted octanol–water partition coefficient (Wildman–Crippen LogP) is 14.5. The fourth-order valence-corrected chi connectivity index (χ4v) is 8.01. The minimum absolute atomic E-state index is 0.217. The van der Waals surface area contributed by atoms with Crippen molar-refractivity contribution in [2.75, 3.05) is 9.80 Å². The van der Waals surface area contributed by atoms with Gasteiger partial charge in [-0.2, -0.15) is 13.2 Å². The van der Waals surface area contributed by atoms with Gasteiger partial charge in [0.25, 0.3) is 0 Å². The Kier molecular flexibility index (Phi) is 9.56. The Morgan fingerprint density at radius 1 is 0.600 bits per heavy atom. The molecule has 0 heterocycles. The molecule has 0 fully saturated rings. The van der Waals surface area contributed by atoms with E-state index in [4.69, 9.17) is 0 Å². The average Bonchev–Trinajstić information content (AvgIpc) is 3.22. The highest BCUT2D eigenvalue weighted by Crippen LogP contribution is 2.52. The van der Waals surface area contributed by atoms with Gasteiger partial charge in [0, 0.05) is 39.4 Å². The minimum atomic E-state index is -4.57. The first kappa shape index (κ1) is 35.9. The van der Waals surface area contributed by atoms with Crippen molar-refractivity contribution in [1.82, 2.24) is 0 Å². The topological polar surface area (TPSA) is 6.48 Å². The molecule has 0 aliphatic heterocycles. The van der Waals surface area contributed by atoms with E-state index >= 15 is 13.2 Å². The number of benzene rings is 7. The number of nitrogens with zero attached hydrogens (tertiary/aromatic N) is 2. The van der Waals surface area contributed by atoms with E-state index in [1.165, 1.54) is 12.5 Å². The Hall–Kier alpha value is -6.07. The molecule has 0 radical (unpaired) electrons. The van der Waals surface area contributed by atoms with Gasteiger partial charge in [-0.25, -0.2) is 0 Å². The van der Waals surface area contributed by atoms with Crippen molar-refractivity contribution < 1.29 is 13.2 Å². The second-order valence-electron chi connectivity index (χ2n) is 14.6. The van der Waals surface area contributed by atoms with Crippen LogP contribution in [0.1, 0.15) is 37.0 Å². The normalized spacial score (nSPS) is 15.5. The summed E-state index contributed by atoms with van der Waals surface area (Å²) in [5.41, 5.74) is 5.25. The van der Waals surface area contributed by atoms with Gasteiger partial charge in [0.05, 0.1) is 16.8 Å². The number of anilines is 5. The van der Waals surface area contributed by atoms with Gasteiger partial charge in [-0.05, 0) is 103 Å². The molecule has 55 heavy (non-hydrogen) atoms. The summed E-state index contributed by atoms with van der Waals surface area (Å²) >= 11 is 0. The first-order chi connectivity index (χ1) is 26.7. The maximum atomic E-state index is 16.0. The van der Waals surface area contributed by atoms with Crippen LogP contribution in [0.25, 0.3) is 21.5 Å². The van der Waals surface area contributed by atoms with Crippen LogP contribution in [0, 0.1) is 12.8 Å². The monoisotopic (exact) mass is 728 g/mol. The molecule has 0 aromatic heterocycles. The number of hydrogen-bond acceptors (Lipinski definition) is 2. The molecular formula is C50H43F3N2. The summed E-state index contributed by atoms with van der Waals surface area (Å²) in [4.78, 5) is 4.18. The zero-order valence-corrected chi connectivity index (χ0v) is 31.3. The fourth-order valence-electron chi connectivity index (χ4n) is 8.01. The number of rotatable bonds is 9. The highest BCUT2D eigenvalue weighted by Gasteiger charge is 2.56. The van der Waals surface area contributed by atoms with Crippen LogP contribution in [0.15, 0.2) is 182 Å². The Bertz CT molecular complexity index is 2520. The number of halogens is 3. The molecular weight excluding hydrogens is 686 g/mol. The molecule has 274 valence electrons. The fraction of sp³-hybridized carbons (Fsp3) is 0.160. The minimum Gasteiger partial charge on any atom is -0.310 e. The first-order valence-corrected chi connectivity index (χ1v) is 18.9. The van der Waals surface area contributed by atoms with Crippen molar-refractivity contribution >= 4 is 50.0 Å². The zero-order chi connectivity index (χ0) is 38.2. The van der Waals surface area contributed by atoms with Crippen LogP contribution in [-0.4, -0.2) is 6.18 Å². The third-order valence-corrected chi connectivity index (χ3v) is 11.3. The molecule has 0 amide bonds. The molecule has 1 aliphatic carbocycles. The molecule has 0 N–H and O–H groups in total. The molecule has 8 rings (SSSR count). The number of fused-ring (bicyclic) bond motifs is 2. The predicted molar refractivity (Wildman–Crippen MR) is 224 cm³/mol. The van der Waals surface area contributed by atoms with Crippen molar-refractivity contribution in [3.8, 4) is 0 Å². The standard InChI is InChI=1S/C50H43F3N2/c1-4-36-27-31-42(32-28-36)55(48-24-10-16-38-14-6-8-22-46(38)48)44-20-12-18-40(34-44)49(3,50(51,52)53)39-17-11-19-43(33-39)54(41-29-25-35(2)26-30-41)47-23-9-15-37-13-5-7-21-45(37)47/h5-17,19-34,40H,4,18H2,1-3H3. The van der Waals surface area contributed by atoms with Crippen LogP contribution in [0.5, 0.6) is 0 Å². The Morgan fingerprint density at radius 2 is 1.15 bits per heavy atom. The van der Waals surface area contributed by atoms with Crippen LogP contribution < -0.4 is 9.80 Å². The van der Waals surface area contributed by atoms with Crippen LogP contribution in [-0.2, 0) is 11.8 Å². The van der Waals surface area contributed by atoms with E-state index in [1.807, 2.05) is 104 Å². The van der Waals surface area contributed by atoms with Crippen LogP contribution in [0.4, 0.5) is 41.6 Å². The molecule has 1 aliphatic rings. The molecule has 7 aromatic rings. The number of allylic oxidation sites excluding steroid dienone is 3. The molecule has 2 nitrogen and oxygen atoms in total. The van der Waals surface area contributed by atoms with E-state index in [9.17, 15) is 0 Å². The summed E-state index contributed by atoms with van der Waals surface area (Å²) in [5.74, 6) is -0.888. The van der Waals surface area contributed by atoms with E-state index in [-0.39, 0.29) is 12.0 Å². The van der Waals surface area contributed by atoms with Gasteiger partial charge >= 0.3 is 6.18 Å². The second-order valence-corrected chi connectivity index (χ2v) is 14.6. The number of aryl methyl sites for hydroxylation is 2. The van der Waals surface area contributed by atoms with E-state index < -0.39 is 17.5 Å². The lowest BCUT2D eigenvalue weighted by atomic mass is 9.68. The number of alkyl halides is 3. The Labute approximate surface area is 321 Å². The molecule has 5 heteroatoms. The zero-order valence-electron chi connectivity index (χ0n) is 31.3. The van der Waals surface area contributed by atoms with Gasteiger partial charge < -0.3 is 9.80 Å². The van der Waals surface area contributed by atoms with E-state index in [0.29, 0.717) is 11.4 Å². The van der Waals surface area contributed by atoms with Gasteiger partial charge in [-0.15, -0.1) is 0 Å². The van der Waals surface area contributed by atoms with Crippen molar-refractivity contribution in [3.05, 3.63) is 198 Å². The lowest BCUT2D eigenvalue weighted by Crippen LogP contribution is -2.46. The summed E-state index contributed by atoms with van der Waals surface area (Å²) in [6.07, 6.45) is 2.29. The van der Waals surface area contributed by atoms with Gasteiger partial charge in [-0.1, -0.05) is 134 Å². The van der Waals surface area contributed by atoms with Crippen molar-refractivity contribution in [3.63, 3.8) is 0 Å². The first-order valence-electron chi connectivity index (χ1n) is 18.9. The van der Waals surface area contributed by atoms with Gasteiger partial charge in [-0.3, -0.25) is 0 Å². The molecule has 0 bridgehead atoms. The lowest BCUT2D eigenvalue weighted by Gasteiger charge is -2.41. The van der Waals surface area contributed by atoms with Gasteiger partial charge in [0.15, 0.2) is 0 Å². The summed E-state index contributed by atoms with van der Waals surface area (Å²) in [5, 5.41) is 4.16. The smallest absolute Gasteiger partial charge is 0.310 e. The van der Waals surface area contributed by atoms with Gasteiger partial charge in [0.2, 0.25) is 0 Å². The van der Waals surface area contributed by atoms with Crippen molar-refractivity contribution in [2.24, 2.45) is 5.92 Å². The molecule has 0 saturated carbocycles.